The molecule has 0 spiro atoms. The van der Waals surface area contributed by atoms with Gasteiger partial charge in [-0.05, 0) is 63.2 Å². The molecule has 6 nitrogen and oxygen atoms in total. The predicted octanol–water partition coefficient (Wildman–Crippen LogP) is 3.41. The monoisotopic (exact) mass is 375 g/mol. The molecule has 1 heterocycles. The Balaban J connectivity index is 1.55. The first-order valence-electron chi connectivity index (χ1n) is 8.58. The summed E-state index contributed by atoms with van der Waals surface area (Å²) in [5.74, 6) is 1.14. The van der Waals surface area contributed by atoms with E-state index in [0.29, 0.717) is 11.6 Å². The highest BCUT2D eigenvalue weighted by molar-refractivity contribution is 6.30. The highest BCUT2D eigenvalue weighted by Crippen LogP contribution is 2.24. The summed E-state index contributed by atoms with van der Waals surface area (Å²) in [6.07, 6.45) is 1.96. The normalized spacial score (nSPS) is 14.9. The topological polar surface area (TPSA) is 74.6 Å². The Labute approximate surface area is 157 Å². The molecule has 1 fully saturated rings. The number of likely N-dealkylation sites (N-methyl/N-ethyl adjacent to an activating group) is 1. The maximum Gasteiger partial charge on any atom is 0.321 e. The van der Waals surface area contributed by atoms with E-state index in [4.69, 9.17) is 16.0 Å². The molecule has 26 heavy (non-hydrogen) atoms. The Morgan fingerprint density at radius 2 is 1.92 bits per heavy atom. The molecule has 3 amide bonds. The second kappa shape index (κ2) is 7.93. The second-order valence-electron chi connectivity index (χ2n) is 6.60. The molecule has 1 aliphatic carbocycles. The molecule has 1 aliphatic rings. The fourth-order valence-electron chi connectivity index (χ4n) is 2.48. The van der Waals surface area contributed by atoms with Gasteiger partial charge in [-0.1, -0.05) is 11.6 Å². The quantitative estimate of drug-likeness (QED) is 0.811. The number of amides is 3. The Hall–Kier alpha value is -2.31. The van der Waals surface area contributed by atoms with Crippen LogP contribution in [0, 0.1) is 0 Å². The molecule has 0 aliphatic heterocycles. The number of rotatable bonds is 6. The van der Waals surface area contributed by atoms with Crippen LogP contribution in [-0.4, -0.2) is 36.0 Å². The molecule has 7 heteroatoms. The van der Waals surface area contributed by atoms with Crippen LogP contribution in [0.4, 0.5) is 4.79 Å². The minimum Gasteiger partial charge on any atom is -0.460 e. The molecule has 1 saturated carbocycles. The smallest absolute Gasteiger partial charge is 0.321 e. The van der Waals surface area contributed by atoms with Crippen molar-refractivity contribution in [2.24, 2.45) is 0 Å². The van der Waals surface area contributed by atoms with Crippen LogP contribution >= 0.6 is 11.6 Å². The third kappa shape index (κ3) is 4.86. The van der Waals surface area contributed by atoms with Crippen molar-refractivity contribution in [1.82, 2.24) is 15.5 Å². The number of hydrogen-bond donors (Lipinski definition) is 2. The Morgan fingerprint density at radius 3 is 2.58 bits per heavy atom. The van der Waals surface area contributed by atoms with Crippen LogP contribution in [0.2, 0.25) is 5.02 Å². The molecule has 1 aromatic carbocycles. The Morgan fingerprint density at radius 1 is 1.23 bits per heavy atom. The second-order valence-corrected chi connectivity index (χ2v) is 7.04. The third-order valence-electron chi connectivity index (χ3n) is 4.39. The number of carbonyl (C=O) groups excluding carboxylic acids is 2. The fraction of sp³-hybridized carbons (Fsp3) is 0.368. The lowest BCUT2D eigenvalue weighted by atomic mass is 10.2. The van der Waals surface area contributed by atoms with Crippen molar-refractivity contribution in [3.8, 4) is 11.3 Å². The summed E-state index contributed by atoms with van der Waals surface area (Å²) in [6.45, 7) is 2.20. The van der Waals surface area contributed by atoms with Crippen molar-refractivity contribution in [1.29, 1.82) is 0 Å². The molecule has 1 atom stereocenters. The van der Waals surface area contributed by atoms with Crippen molar-refractivity contribution in [3.05, 3.63) is 47.2 Å². The number of imide groups is 1. The van der Waals surface area contributed by atoms with Crippen molar-refractivity contribution < 1.29 is 14.0 Å². The van der Waals surface area contributed by atoms with Crippen LogP contribution < -0.4 is 10.6 Å². The number of benzene rings is 1. The molecule has 0 radical (unpaired) electrons. The number of furan rings is 1. The molecular weight excluding hydrogens is 354 g/mol. The molecule has 3 rings (SSSR count). The molecule has 2 N–H and O–H groups in total. The standard InChI is InChI=1S/C19H22ClN3O3/c1-12(18(24)22-19(25)21-15-7-8-15)23(2)11-16-9-10-17(26-16)13-3-5-14(20)6-4-13/h3-6,9-10,12,15H,7-8,11H2,1-2H3,(H2,21,22,24,25)/t12-/m1/s1. The molecule has 0 bridgehead atoms. The van der Waals surface area contributed by atoms with E-state index in [1.807, 2.05) is 48.3 Å². The van der Waals surface area contributed by atoms with Crippen LogP contribution in [-0.2, 0) is 11.3 Å². The molecule has 0 saturated heterocycles. The van der Waals surface area contributed by atoms with Gasteiger partial charge in [0.1, 0.15) is 11.5 Å². The van der Waals surface area contributed by atoms with Gasteiger partial charge in [-0.2, -0.15) is 0 Å². The van der Waals surface area contributed by atoms with E-state index in [1.165, 1.54) is 0 Å². The van der Waals surface area contributed by atoms with Gasteiger partial charge in [0.05, 0.1) is 12.6 Å². The maximum atomic E-state index is 12.2. The summed E-state index contributed by atoms with van der Waals surface area (Å²) in [6, 6.07) is 10.5. The zero-order chi connectivity index (χ0) is 18.7. The van der Waals surface area contributed by atoms with Gasteiger partial charge in [0, 0.05) is 16.6 Å². The van der Waals surface area contributed by atoms with Gasteiger partial charge in [0.2, 0.25) is 5.91 Å². The van der Waals surface area contributed by atoms with E-state index >= 15 is 0 Å². The van der Waals surface area contributed by atoms with Gasteiger partial charge in [-0.3, -0.25) is 15.0 Å². The molecule has 0 unspecified atom stereocenters. The zero-order valence-electron chi connectivity index (χ0n) is 14.8. The van der Waals surface area contributed by atoms with E-state index in [9.17, 15) is 9.59 Å². The fourth-order valence-corrected chi connectivity index (χ4v) is 2.61. The van der Waals surface area contributed by atoms with Crippen LogP contribution in [0.15, 0.2) is 40.8 Å². The summed E-state index contributed by atoms with van der Waals surface area (Å²) < 4.78 is 5.86. The van der Waals surface area contributed by atoms with Gasteiger partial charge < -0.3 is 9.73 Å². The molecule has 1 aromatic heterocycles. The summed E-state index contributed by atoms with van der Waals surface area (Å²) in [7, 11) is 1.81. The minimum absolute atomic E-state index is 0.213. The van der Waals surface area contributed by atoms with Gasteiger partial charge in [-0.25, -0.2) is 4.79 Å². The van der Waals surface area contributed by atoms with Crippen LogP contribution in [0.5, 0.6) is 0 Å². The van der Waals surface area contributed by atoms with Crippen molar-refractivity contribution >= 4 is 23.5 Å². The Bertz CT molecular complexity index is 784. The van der Waals surface area contributed by atoms with Crippen LogP contribution in [0.1, 0.15) is 25.5 Å². The van der Waals surface area contributed by atoms with E-state index in [1.54, 1.807) is 6.92 Å². The number of nitrogens with zero attached hydrogens (tertiary/aromatic N) is 1. The largest absolute Gasteiger partial charge is 0.460 e. The molecule has 2 aromatic rings. The summed E-state index contributed by atoms with van der Waals surface area (Å²) >= 11 is 5.90. The van der Waals surface area contributed by atoms with E-state index in [0.717, 1.165) is 29.9 Å². The first kappa shape index (κ1) is 18.5. The summed E-state index contributed by atoms with van der Waals surface area (Å²) in [5.41, 5.74) is 0.936. The van der Waals surface area contributed by atoms with Crippen molar-refractivity contribution in [2.75, 3.05) is 7.05 Å². The van der Waals surface area contributed by atoms with E-state index in [2.05, 4.69) is 10.6 Å². The lowest BCUT2D eigenvalue weighted by Gasteiger charge is -2.22. The minimum atomic E-state index is -0.468. The number of hydrogen-bond acceptors (Lipinski definition) is 4. The van der Waals surface area contributed by atoms with Crippen molar-refractivity contribution in [2.45, 2.75) is 38.4 Å². The zero-order valence-corrected chi connectivity index (χ0v) is 15.5. The van der Waals surface area contributed by atoms with Crippen LogP contribution in [0.3, 0.4) is 0 Å². The SMILES string of the molecule is C[C@H](C(=O)NC(=O)NC1CC1)N(C)Cc1ccc(-c2ccc(Cl)cc2)o1. The molecule has 138 valence electrons. The van der Waals surface area contributed by atoms with Gasteiger partial charge >= 0.3 is 6.03 Å². The van der Waals surface area contributed by atoms with E-state index < -0.39 is 12.1 Å². The first-order chi connectivity index (χ1) is 12.4. The highest BCUT2D eigenvalue weighted by Gasteiger charge is 2.26. The van der Waals surface area contributed by atoms with Gasteiger partial charge in [0.15, 0.2) is 0 Å². The lowest BCUT2D eigenvalue weighted by Crippen LogP contribution is -2.48. The number of carbonyl (C=O) groups is 2. The number of urea groups is 1. The average Bonchev–Trinajstić information content (AvgIpc) is 3.29. The first-order valence-corrected chi connectivity index (χ1v) is 8.96. The summed E-state index contributed by atoms with van der Waals surface area (Å²) in [5, 5.41) is 5.79. The van der Waals surface area contributed by atoms with Gasteiger partial charge in [0.25, 0.3) is 0 Å². The average molecular weight is 376 g/mol. The number of nitrogens with one attached hydrogen (secondary N) is 2. The molecular formula is C19H22ClN3O3. The predicted molar refractivity (Wildman–Crippen MR) is 99.8 cm³/mol. The van der Waals surface area contributed by atoms with Gasteiger partial charge in [-0.15, -0.1) is 0 Å². The highest BCUT2D eigenvalue weighted by atomic mass is 35.5. The summed E-state index contributed by atoms with van der Waals surface area (Å²) in [4.78, 5) is 25.7. The van der Waals surface area contributed by atoms with Crippen LogP contribution in [0.25, 0.3) is 11.3 Å². The maximum absolute atomic E-state index is 12.2. The Kier molecular flexibility index (Phi) is 5.64. The van der Waals surface area contributed by atoms with E-state index in [-0.39, 0.29) is 11.9 Å². The third-order valence-corrected chi connectivity index (χ3v) is 4.64. The van der Waals surface area contributed by atoms with Crippen molar-refractivity contribution in [3.63, 3.8) is 0 Å². The lowest BCUT2D eigenvalue weighted by molar-refractivity contribution is -0.124. The number of halogens is 1.